The molecule has 0 bridgehead atoms. The number of piperazine rings is 1. The molecule has 1 aromatic carbocycles. The quantitative estimate of drug-likeness (QED) is 0.820. The third-order valence-corrected chi connectivity index (χ3v) is 5.06. The zero-order valence-electron chi connectivity index (χ0n) is 15.5. The van der Waals surface area contributed by atoms with Gasteiger partial charge in [-0.15, -0.1) is 24.8 Å². The first-order valence-corrected chi connectivity index (χ1v) is 9.23. The van der Waals surface area contributed by atoms with Crippen LogP contribution in [0.25, 0.3) is 0 Å². The lowest BCUT2D eigenvalue weighted by molar-refractivity contribution is -0.132. The van der Waals surface area contributed by atoms with Crippen LogP contribution in [0, 0.1) is 5.92 Å². The molecule has 0 unspecified atom stereocenters. The largest absolute Gasteiger partial charge is 0.492 e. The number of ether oxygens (including phenoxy) is 1. The highest BCUT2D eigenvalue weighted by molar-refractivity contribution is 5.85. The van der Waals surface area contributed by atoms with Gasteiger partial charge in [0.2, 0.25) is 5.91 Å². The van der Waals surface area contributed by atoms with E-state index in [2.05, 4.69) is 16.3 Å². The molecule has 7 heteroatoms. The van der Waals surface area contributed by atoms with E-state index < -0.39 is 0 Å². The summed E-state index contributed by atoms with van der Waals surface area (Å²) in [6.45, 7) is 8.17. The molecule has 0 radical (unpaired) electrons. The highest BCUT2D eigenvalue weighted by Crippen LogP contribution is 2.29. The Morgan fingerprint density at radius 3 is 2.42 bits per heavy atom. The van der Waals surface area contributed by atoms with Gasteiger partial charge in [0.15, 0.2) is 0 Å². The maximum Gasteiger partial charge on any atom is 0.222 e. The molecule has 1 amide bonds. The zero-order chi connectivity index (χ0) is 16.8. The van der Waals surface area contributed by atoms with E-state index >= 15 is 0 Å². The number of amides is 1. The van der Waals surface area contributed by atoms with Crippen molar-refractivity contribution in [2.24, 2.45) is 5.92 Å². The van der Waals surface area contributed by atoms with Gasteiger partial charge in [-0.3, -0.25) is 4.79 Å². The Bertz CT molecular complexity index is 545. The molecule has 0 aliphatic carbocycles. The first-order chi connectivity index (χ1) is 11.8. The van der Waals surface area contributed by atoms with Crippen LogP contribution in [-0.2, 0) is 4.79 Å². The minimum Gasteiger partial charge on any atom is -0.492 e. The summed E-state index contributed by atoms with van der Waals surface area (Å²) in [4.78, 5) is 16.9. The fourth-order valence-corrected chi connectivity index (χ4v) is 3.65. The highest BCUT2D eigenvalue weighted by Gasteiger charge is 2.25. The van der Waals surface area contributed by atoms with Gasteiger partial charge in [-0.2, -0.15) is 0 Å². The Morgan fingerprint density at radius 2 is 1.77 bits per heavy atom. The monoisotopic (exact) mass is 403 g/mol. The van der Waals surface area contributed by atoms with E-state index in [9.17, 15) is 4.79 Å². The first-order valence-electron chi connectivity index (χ1n) is 9.23. The van der Waals surface area contributed by atoms with Crippen molar-refractivity contribution in [3.63, 3.8) is 0 Å². The van der Waals surface area contributed by atoms with Crippen LogP contribution < -0.4 is 15.0 Å². The number of hydrogen-bond donors (Lipinski definition) is 1. The van der Waals surface area contributed by atoms with Crippen molar-refractivity contribution in [3.8, 4) is 5.75 Å². The predicted octanol–water partition coefficient (Wildman–Crippen LogP) is 2.97. The third kappa shape index (κ3) is 5.93. The standard InChI is InChI=1S/C19H29N3O2.2ClH/c1-2-24-18-6-4-3-5-17(18)21-11-13-22(14-12-21)19(23)15-16-7-9-20-10-8-16;;/h3-6,16,20H,2,7-15H2,1H3;2*1H. The smallest absolute Gasteiger partial charge is 0.222 e. The molecule has 2 fully saturated rings. The van der Waals surface area contributed by atoms with Gasteiger partial charge in [0.25, 0.3) is 0 Å². The molecule has 26 heavy (non-hydrogen) atoms. The van der Waals surface area contributed by atoms with E-state index in [-0.39, 0.29) is 24.8 Å². The van der Waals surface area contributed by atoms with Gasteiger partial charge in [-0.1, -0.05) is 12.1 Å². The molecule has 0 saturated carbocycles. The molecule has 2 heterocycles. The Balaban J connectivity index is 0.00000169. The number of carbonyl (C=O) groups excluding carboxylic acids is 1. The molecule has 148 valence electrons. The van der Waals surface area contributed by atoms with Crippen LogP contribution in [-0.4, -0.2) is 56.7 Å². The Labute approximate surface area is 169 Å². The van der Waals surface area contributed by atoms with Gasteiger partial charge < -0.3 is 19.9 Å². The molecule has 3 rings (SSSR count). The van der Waals surface area contributed by atoms with Gasteiger partial charge in [-0.05, 0) is 50.9 Å². The second-order valence-corrected chi connectivity index (χ2v) is 6.67. The number of nitrogens with zero attached hydrogens (tertiary/aromatic N) is 2. The van der Waals surface area contributed by atoms with Crippen LogP contribution in [0.4, 0.5) is 5.69 Å². The number of anilines is 1. The van der Waals surface area contributed by atoms with Gasteiger partial charge in [0.05, 0.1) is 12.3 Å². The van der Waals surface area contributed by atoms with Crippen LogP contribution in [0.15, 0.2) is 24.3 Å². The molecule has 0 atom stereocenters. The summed E-state index contributed by atoms with van der Waals surface area (Å²) in [5, 5.41) is 3.36. The van der Waals surface area contributed by atoms with Crippen LogP contribution >= 0.6 is 24.8 Å². The maximum absolute atomic E-state index is 12.5. The first kappa shape index (κ1) is 22.9. The van der Waals surface area contributed by atoms with Crippen molar-refractivity contribution >= 4 is 36.4 Å². The van der Waals surface area contributed by atoms with Crippen molar-refractivity contribution < 1.29 is 9.53 Å². The molecule has 1 aromatic rings. The summed E-state index contributed by atoms with van der Waals surface area (Å²) < 4.78 is 5.74. The van der Waals surface area contributed by atoms with Crippen molar-refractivity contribution in [3.05, 3.63) is 24.3 Å². The van der Waals surface area contributed by atoms with Crippen LogP contribution in [0.2, 0.25) is 0 Å². The van der Waals surface area contributed by atoms with E-state index in [1.165, 1.54) is 0 Å². The fraction of sp³-hybridized carbons (Fsp3) is 0.632. The number of nitrogens with one attached hydrogen (secondary N) is 1. The van der Waals surface area contributed by atoms with Crippen molar-refractivity contribution in [2.75, 3.05) is 50.8 Å². The lowest BCUT2D eigenvalue weighted by Gasteiger charge is -2.37. The number of hydrogen-bond acceptors (Lipinski definition) is 4. The topological polar surface area (TPSA) is 44.8 Å². The fourth-order valence-electron chi connectivity index (χ4n) is 3.65. The molecule has 5 nitrogen and oxygen atoms in total. The van der Waals surface area contributed by atoms with E-state index in [0.29, 0.717) is 18.4 Å². The summed E-state index contributed by atoms with van der Waals surface area (Å²) in [5.41, 5.74) is 1.14. The lowest BCUT2D eigenvalue weighted by Crippen LogP contribution is -2.49. The molecular formula is C19H31Cl2N3O2. The van der Waals surface area contributed by atoms with Gasteiger partial charge in [0, 0.05) is 32.6 Å². The maximum atomic E-state index is 12.5. The van der Waals surface area contributed by atoms with Crippen LogP contribution in [0.3, 0.4) is 0 Å². The second-order valence-electron chi connectivity index (χ2n) is 6.67. The van der Waals surface area contributed by atoms with Gasteiger partial charge >= 0.3 is 0 Å². The van der Waals surface area contributed by atoms with Crippen LogP contribution in [0.1, 0.15) is 26.2 Å². The SMILES string of the molecule is CCOc1ccccc1N1CCN(C(=O)CC2CCNCC2)CC1.Cl.Cl. The van der Waals surface area contributed by atoms with Crippen molar-refractivity contribution in [1.82, 2.24) is 10.2 Å². The molecule has 0 spiro atoms. The normalized spacial score (nSPS) is 17.9. The number of para-hydroxylation sites is 2. The lowest BCUT2D eigenvalue weighted by atomic mass is 9.94. The molecule has 2 aliphatic heterocycles. The number of carbonyl (C=O) groups is 1. The Morgan fingerprint density at radius 1 is 1.12 bits per heavy atom. The van der Waals surface area contributed by atoms with Crippen molar-refractivity contribution in [2.45, 2.75) is 26.2 Å². The van der Waals surface area contributed by atoms with Gasteiger partial charge in [-0.25, -0.2) is 0 Å². The summed E-state index contributed by atoms with van der Waals surface area (Å²) >= 11 is 0. The number of piperidine rings is 1. The van der Waals surface area contributed by atoms with Gasteiger partial charge in [0.1, 0.15) is 5.75 Å². The zero-order valence-corrected chi connectivity index (χ0v) is 17.1. The Hall–Kier alpha value is -1.17. The molecular weight excluding hydrogens is 373 g/mol. The Kier molecular flexibility index (Phi) is 10.1. The van der Waals surface area contributed by atoms with Crippen molar-refractivity contribution in [1.29, 1.82) is 0 Å². The molecule has 2 aliphatic rings. The number of halogens is 2. The molecule has 0 aromatic heterocycles. The summed E-state index contributed by atoms with van der Waals surface area (Å²) in [7, 11) is 0. The van der Waals surface area contributed by atoms with E-state index in [1.807, 2.05) is 30.0 Å². The minimum absolute atomic E-state index is 0. The highest BCUT2D eigenvalue weighted by atomic mass is 35.5. The molecule has 1 N–H and O–H groups in total. The summed E-state index contributed by atoms with van der Waals surface area (Å²) in [5.74, 6) is 1.84. The summed E-state index contributed by atoms with van der Waals surface area (Å²) in [6, 6.07) is 8.19. The van der Waals surface area contributed by atoms with E-state index in [4.69, 9.17) is 4.74 Å². The van der Waals surface area contributed by atoms with E-state index in [1.54, 1.807) is 0 Å². The number of rotatable bonds is 5. The molecule has 2 saturated heterocycles. The average Bonchev–Trinajstić information content (AvgIpc) is 2.63. The summed E-state index contributed by atoms with van der Waals surface area (Å²) in [6.07, 6.45) is 2.98. The second kappa shape index (κ2) is 11.5. The average molecular weight is 404 g/mol. The van der Waals surface area contributed by atoms with E-state index in [0.717, 1.165) is 70.0 Å². The number of benzene rings is 1. The third-order valence-electron chi connectivity index (χ3n) is 5.06. The predicted molar refractivity (Wildman–Crippen MR) is 111 cm³/mol. The van der Waals surface area contributed by atoms with Crippen LogP contribution in [0.5, 0.6) is 5.75 Å². The minimum atomic E-state index is 0.